The van der Waals surface area contributed by atoms with Gasteiger partial charge in [-0.25, -0.2) is 0 Å². The molecule has 2 saturated heterocycles. The number of nitrogens with zero attached hydrogens (tertiary/aromatic N) is 1. The van der Waals surface area contributed by atoms with Crippen molar-refractivity contribution in [1.29, 1.82) is 0 Å². The zero-order chi connectivity index (χ0) is 13.1. The van der Waals surface area contributed by atoms with Crippen molar-refractivity contribution < 1.29 is 4.79 Å². The summed E-state index contributed by atoms with van der Waals surface area (Å²) < 4.78 is 0. The van der Waals surface area contributed by atoms with Crippen LogP contribution in [0.5, 0.6) is 0 Å². The highest BCUT2D eigenvalue weighted by molar-refractivity contribution is 7.99. The van der Waals surface area contributed by atoms with Crippen LogP contribution in [-0.4, -0.2) is 41.1 Å². The van der Waals surface area contributed by atoms with E-state index in [4.69, 9.17) is 0 Å². The molecule has 0 aromatic rings. The Bertz CT molecular complexity index is 290. The van der Waals surface area contributed by atoms with Gasteiger partial charge in [0.1, 0.15) is 0 Å². The SMILES string of the molecule is CC(C)CC1NC(C)C(=O)N1CC1CCSCC1. The van der Waals surface area contributed by atoms with Gasteiger partial charge in [0.15, 0.2) is 0 Å². The number of thioether (sulfide) groups is 1. The minimum atomic E-state index is 0.00622. The van der Waals surface area contributed by atoms with E-state index in [0.29, 0.717) is 11.8 Å². The number of hydrogen-bond donors (Lipinski definition) is 1. The third-order valence-electron chi connectivity index (χ3n) is 3.96. The lowest BCUT2D eigenvalue weighted by atomic mass is 10.0. The first kappa shape index (κ1) is 14.2. The highest BCUT2D eigenvalue weighted by atomic mass is 32.2. The van der Waals surface area contributed by atoms with E-state index in [2.05, 4.69) is 35.8 Å². The number of rotatable bonds is 4. The number of hydrogen-bond acceptors (Lipinski definition) is 3. The van der Waals surface area contributed by atoms with Crippen molar-refractivity contribution in [3.63, 3.8) is 0 Å². The maximum Gasteiger partial charge on any atom is 0.240 e. The Morgan fingerprint density at radius 3 is 2.67 bits per heavy atom. The average molecular weight is 270 g/mol. The van der Waals surface area contributed by atoms with Crippen molar-refractivity contribution in [2.24, 2.45) is 11.8 Å². The van der Waals surface area contributed by atoms with Gasteiger partial charge in [-0.3, -0.25) is 10.1 Å². The van der Waals surface area contributed by atoms with E-state index in [9.17, 15) is 4.79 Å². The van der Waals surface area contributed by atoms with Crippen molar-refractivity contribution in [2.45, 2.75) is 52.2 Å². The largest absolute Gasteiger partial charge is 0.326 e. The van der Waals surface area contributed by atoms with E-state index >= 15 is 0 Å². The summed E-state index contributed by atoms with van der Waals surface area (Å²) in [4.78, 5) is 14.3. The molecular formula is C14H26N2OS. The Balaban J connectivity index is 1.95. The van der Waals surface area contributed by atoms with E-state index < -0.39 is 0 Å². The maximum absolute atomic E-state index is 12.2. The summed E-state index contributed by atoms with van der Waals surface area (Å²) in [5.41, 5.74) is 0. The van der Waals surface area contributed by atoms with Crippen LogP contribution in [0.1, 0.15) is 40.0 Å². The lowest BCUT2D eigenvalue weighted by Gasteiger charge is -2.31. The third kappa shape index (κ3) is 3.41. The van der Waals surface area contributed by atoms with E-state index in [1.807, 2.05) is 6.92 Å². The fourth-order valence-corrected chi connectivity index (χ4v) is 4.12. The molecule has 3 nitrogen and oxygen atoms in total. The van der Waals surface area contributed by atoms with Gasteiger partial charge in [0.25, 0.3) is 0 Å². The fraction of sp³-hybridized carbons (Fsp3) is 0.929. The molecule has 2 heterocycles. The molecule has 1 N–H and O–H groups in total. The summed E-state index contributed by atoms with van der Waals surface area (Å²) in [5, 5.41) is 3.45. The zero-order valence-electron chi connectivity index (χ0n) is 11.8. The van der Waals surface area contributed by atoms with Crippen molar-refractivity contribution in [3.05, 3.63) is 0 Å². The second-order valence-corrected chi connectivity index (χ2v) is 7.30. The van der Waals surface area contributed by atoms with Crippen LogP contribution < -0.4 is 5.32 Å². The average Bonchev–Trinajstić information content (AvgIpc) is 2.58. The Kier molecular flexibility index (Phi) is 4.96. The third-order valence-corrected chi connectivity index (χ3v) is 5.01. The molecule has 2 fully saturated rings. The minimum absolute atomic E-state index is 0.00622. The fourth-order valence-electron chi connectivity index (χ4n) is 2.92. The molecular weight excluding hydrogens is 244 g/mol. The summed E-state index contributed by atoms with van der Waals surface area (Å²) in [6.07, 6.45) is 3.88. The van der Waals surface area contributed by atoms with Crippen LogP contribution in [-0.2, 0) is 4.79 Å². The molecule has 1 amide bonds. The van der Waals surface area contributed by atoms with Gasteiger partial charge in [-0.15, -0.1) is 0 Å². The molecule has 0 aliphatic carbocycles. The Hall–Kier alpha value is -0.220. The van der Waals surface area contributed by atoms with Crippen LogP contribution in [0.4, 0.5) is 0 Å². The molecule has 0 bridgehead atoms. The van der Waals surface area contributed by atoms with Crippen LogP contribution in [0, 0.1) is 11.8 Å². The van der Waals surface area contributed by atoms with Crippen molar-refractivity contribution in [2.75, 3.05) is 18.1 Å². The standard InChI is InChI=1S/C14H26N2OS/c1-10(2)8-13-15-11(3)14(17)16(13)9-12-4-6-18-7-5-12/h10-13,15H,4-9H2,1-3H3. The Morgan fingerprint density at radius 1 is 1.39 bits per heavy atom. The first-order chi connectivity index (χ1) is 8.58. The van der Waals surface area contributed by atoms with E-state index in [-0.39, 0.29) is 12.2 Å². The molecule has 0 radical (unpaired) electrons. The minimum Gasteiger partial charge on any atom is -0.326 e. The van der Waals surface area contributed by atoms with Crippen LogP contribution in [0.25, 0.3) is 0 Å². The highest BCUT2D eigenvalue weighted by Gasteiger charge is 2.37. The molecule has 0 aromatic carbocycles. The summed E-state index contributed by atoms with van der Waals surface area (Å²) >= 11 is 2.05. The van der Waals surface area contributed by atoms with Gasteiger partial charge < -0.3 is 4.90 Å². The molecule has 2 atom stereocenters. The van der Waals surface area contributed by atoms with E-state index in [1.165, 1.54) is 24.3 Å². The first-order valence-corrected chi connectivity index (χ1v) is 8.37. The summed E-state index contributed by atoms with van der Waals surface area (Å²) in [7, 11) is 0. The number of carbonyl (C=O) groups is 1. The smallest absolute Gasteiger partial charge is 0.240 e. The molecule has 104 valence electrons. The number of carbonyl (C=O) groups excluding carboxylic acids is 1. The molecule has 0 saturated carbocycles. The summed E-state index contributed by atoms with van der Waals surface area (Å²) in [6.45, 7) is 7.41. The highest BCUT2D eigenvalue weighted by Crippen LogP contribution is 2.26. The van der Waals surface area contributed by atoms with E-state index in [0.717, 1.165) is 18.9 Å². The van der Waals surface area contributed by atoms with Crippen LogP contribution in [0.15, 0.2) is 0 Å². The maximum atomic E-state index is 12.2. The van der Waals surface area contributed by atoms with Gasteiger partial charge >= 0.3 is 0 Å². The van der Waals surface area contributed by atoms with Gasteiger partial charge in [-0.2, -0.15) is 11.8 Å². The topological polar surface area (TPSA) is 32.3 Å². The van der Waals surface area contributed by atoms with Crippen molar-refractivity contribution in [3.8, 4) is 0 Å². The lowest BCUT2D eigenvalue weighted by molar-refractivity contribution is -0.130. The van der Waals surface area contributed by atoms with Gasteiger partial charge in [0.2, 0.25) is 5.91 Å². The van der Waals surface area contributed by atoms with Crippen molar-refractivity contribution >= 4 is 17.7 Å². The molecule has 2 rings (SSSR count). The van der Waals surface area contributed by atoms with E-state index in [1.54, 1.807) is 0 Å². The molecule has 18 heavy (non-hydrogen) atoms. The van der Waals surface area contributed by atoms with Crippen LogP contribution in [0.2, 0.25) is 0 Å². The Labute approximate surface area is 115 Å². The second kappa shape index (κ2) is 6.29. The zero-order valence-corrected chi connectivity index (χ0v) is 12.6. The van der Waals surface area contributed by atoms with Gasteiger partial charge in [-0.05, 0) is 49.5 Å². The molecule has 2 unspecified atom stereocenters. The molecule has 0 aromatic heterocycles. The van der Waals surface area contributed by atoms with Crippen LogP contribution in [0.3, 0.4) is 0 Å². The molecule has 2 aliphatic rings. The predicted molar refractivity (Wildman–Crippen MR) is 77.6 cm³/mol. The van der Waals surface area contributed by atoms with Gasteiger partial charge in [0.05, 0.1) is 12.2 Å². The number of nitrogens with one attached hydrogen (secondary N) is 1. The second-order valence-electron chi connectivity index (χ2n) is 6.08. The van der Waals surface area contributed by atoms with Gasteiger partial charge in [-0.1, -0.05) is 13.8 Å². The lowest BCUT2D eigenvalue weighted by Crippen LogP contribution is -2.41. The van der Waals surface area contributed by atoms with Gasteiger partial charge in [0, 0.05) is 6.54 Å². The monoisotopic (exact) mass is 270 g/mol. The quantitative estimate of drug-likeness (QED) is 0.851. The van der Waals surface area contributed by atoms with Crippen LogP contribution >= 0.6 is 11.8 Å². The summed E-state index contributed by atoms with van der Waals surface area (Å²) in [6, 6.07) is 0.00622. The van der Waals surface area contributed by atoms with Crippen molar-refractivity contribution in [1.82, 2.24) is 10.2 Å². The molecule has 2 aliphatic heterocycles. The first-order valence-electron chi connectivity index (χ1n) is 7.22. The molecule has 4 heteroatoms. The Morgan fingerprint density at radius 2 is 2.06 bits per heavy atom. The predicted octanol–water partition coefficient (Wildman–Crippen LogP) is 2.32. The summed E-state index contributed by atoms with van der Waals surface area (Å²) in [5.74, 6) is 4.19. The molecule has 0 spiro atoms. The number of amides is 1. The normalized spacial score (nSPS) is 30.4.